The van der Waals surface area contributed by atoms with Crippen LogP contribution < -0.4 is 5.14 Å². The minimum atomic E-state index is -3.78. The Morgan fingerprint density at radius 2 is 1.95 bits per heavy atom. The lowest BCUT2D eigenvalue weighted by atomic mass is 10.0. The number of primary sulfonamides is 1. The van der Waals surface area contributed by atoms with Gasteiger partial charge in [-0.3, -0.25) is 4.90 Å². The highest BCUT2D eigenvalue weighted by Gasteiger charge is 2.67. The van der Waals surface area contributed by atoms with E-state index in [9.17, 15) is 18.3 Å². The molecule has 0 aliphatic heterocycles. The van der Waals surface area contributed by atoms with Gasteiger partial charge in [0.2, 0.25) is 10.0 Å². The predicted octanol–water partition coefficient (Wildman–Crippen LogP) is 1.61. The Morgan fingerprint density at radius 3 is 2.21 bits per heavy atom. The van der Waals surface area contributed by atoms with Crippen molar-refractivity contribution in [1.82, 2.24) is 4.90 Å². The van der Waals surface area contributed by atoms with Crippen LogP contribution in [0.1, 0.15) is 47.5 Å². The standard InChI is InChI=1S/C12H24N2O4S/c1-8(2)6-12(19(13,17)18)7-9(12)14(10(15)16)11(3,4)5/h8-9H,6-7H2,1-5H3,(H,15,16)(H2,13,17,18). The summed E-state index contributed by atoms with van der Waals surface area (Å²) in [4.78, 5) is 12.6. The summed E-state index contributed by atoms with van der Waals surface area (Å²) in [5, 5.41) is 14.7. The maximum atomic E-state index is 11.9. The van der Waals surface area contributed by atoms with Crippen LogP contribution in [0.15, 0.2) is 0 Å². The smallest absolute Gasteiger partial charge is 0.408 e. The molecule has 2 atom stereocenters. The second kappa shape index (κ2) is 4.63. The Bertz CT molecular complexity index is 467. The van der Waals surface area contributed by atoms with E-state index in [1.54, 1.807) is 20.8 Å². The van der Waals surface area contributed by atoms with Crippen molar-refractivity contribution in [3.8, 4) is 0 Å². The van der Waals surface area contributed by atoms with Gasteiger partial charge in [0, 0.05) is 5.54 Å². The first-order valence-corrected chi connectivity index (χ1v) is 7.92. The average molecular weight is 292 g/mol. The van der Waals surface area contributed by atoms with Gasteiger partial charge in [-0.2, -0.15) is 0 Å². The number of amides is 1. The van der Waals surface area contributed by atoms with E-state index in [1.165, 1.54) is 4.90 Å². The second-order valence-corrected chi connectivity index (χ2v) is 8.65. The highest BCUT2D eigenvalue weighted by Crippen LogP contribution is 2.52. The molecule has 1 fully saturated rings. The predicted molar refractivity (Wildman–Crippen MR) is 73.3 cm³/mol. The highest BCUT2D eigenvalue weighted by atomic mass is 32.2. The molecule has 0 spiro atoms. The maximum absolute atomic E-state index is 11.9. The lowest BCUT2D eigenvalue weighted by molar-refractivity contribution is 0.0920. The lowest BCUT2D eigenvalue weighted by Crippen LogP contribution is -2.51. The number of carboxylic acid groups (broad SMARTS) is 1. The molecular formula is C12H24N2O4S. The summed E-state index contributed by atoms with van der Waals surface area (Å²) in [5.74, 6) is 0.138. The summed E-state index contributed by atoms with van der Waals surface area (Å²) in [6.45, 7) is 9.07. The fourth-order valence-corrected chi connectivity index (χ4v) is 4.26. The van der Waals surface area contributed by atoms with Crippen LogP contribution in [0.3, 0.4) is 0 Å². The number of hydrogen-bond donors (Lipinski definition) is 2. The molecule has 0 aromatic heterocycles. The summed E-state index contributed by atoms with van der Waals surface area (Å²) in [6.07, 6.45) is -0.434. The van der Waals surface area contributed by atoms with Crippen LogP contribution in [-0.2, 0) is 10.0 Å². The average Bonchev–Trinajstić information content (AvgIpc) is 2.73. The molecule has 3 N–H and O–H groups in total. The minimum Gasteiger partial charge on any atom is -0.465 e. The molecule has 6 nitrogen and oxygen atoms in total. The Kier molecular flexibility index (Phi) is 3.95. The quantitative estimate of drug-likeness (QED) is 0.822. The van der Waals surface area contributed by atoms with Gasteiger partial charge in [0.15, 0.2) is 0 Å². The summed E-state index contributed by atoms with van der Waals surface area (Å²) in [6, 6.07) is -0.553. The van der Waals surface area contributed by atoms with E-state index in [1.807, 2.05) is 13.8 Å². The molecule has 1 aliphatic rings. The van der Waals surface area contributed by atoms with Gasteiger partial charge < -0.3 is 5.11 Å². The molecule has 19 heavy (non-hydrogen) atoms. The number of sulfonamides is 1. The molecule has 0 bridgehead atoms. The minimum absolute atomic E-state index is 0.138. The van der Waals surface area contributed by atoms with Gasteiger partial charge in [0.1, 0.15) is 4.75 Å². The molecule has 1 saturated carbocycles. The molecule has 1 rings (SSSR count). The molecule has 0 heterocycles. The molecule has 0 saturated heterocycles. The molecule has 1 aliphatic carbocycles. The summed E-state index contributed by atoms with van der Waals surface area (Å²) in [5.41, 5.74) is -0.653. The number of rotatable bonds is 4. The third-order valence-corrected chi connectivity index (χ3v) is 5.29. The van der Waals surface area contributed by atoms with Gasteiger partial charge in [-0.05, 0) is 39.5 Å². The maximum Gasteiger partial charge on any atom is 0.408 e. The first-order valence-electron chi connectivity index (χ1n) is 6.37. The molecule has 0 aromatic carbocycles. The van der Waals surface area contributed by atoms with Crippen LogP contribution in [0.25, 0.3) is 0 Å². The molecule has 2 unspecified atom stereocenters. The van der Waals surface area contributed by atoms with Crippen LogP contribution in [0.5, 0.6) is 0 Å². The molecule has 0 radical (unpaired) electrons. The third kappa shape index (κ3) is 3.02. The second-order valence-electron chi connectivity index (χ2n) is 6.75. The van der Waals surface area contributed by atoms with Gasteiger partial charge in [-0.25, -0.2) is 18.4 Å². The SMILES string of the molecule is CC(C)CC1(S(N)(=O)=O)CC1N(C(=O)O)C(C)(C)C. The molecule has 112 valence electrons. The monoisotopic (exact) mass is 292 g/mol. The van der Waals surface area contributed by atoms with Crippen molar-refractivity contribution in [1.29, 1.82) is 0 Å². The van der Waals surface area contributed by atoms with E-state index in [2.05, 4.69) is 0 Å². The van der Waals surface area contributed by atoms with E-state index in [-0.39, 0.29) is 12.3 Å². The van der Waals surface area contributed by atoms with Crippen molar-refractivity contribution in [2.75, 3.05) is 0 Å². The van der Waals surface area contributed by atoms with Crippen molar-refractivity contribution in [3.05, 3.63) is 0 Å². The highest BCUT2D eigenvalue weighted by molar-refractivity contribution is 7.91. The fourth-order valence-electron chi connectivity index (χ4n) is 2.82. The lowest BCUT2D eigenvalue weighted by Gasteiger charge is -2.35. The van der Waals surface area contributed by atoms with Crippen molar-refractivity contribution in [2.45, 2.75) is 63.8 Å². The zero-order valence-corrected chi connectivity index (χ0v) is 13.0. The zero-order valence-electron chi connectivity index (χ0n) is 12.2. The normalized spacial score (nSPS) is 27.4. The molecular weight excluding hydrogens is 268 g/mol. The van der Waals surface area contributed by atoms with Crippen LogP contribution in [0.4, 0.5) is 4.79 Å². The molecule has 0 aromatic rings. The van der Waals surface area contributed by atoms with Gasteiger partial charge >= 0.3 is 6.09 Å². The number of hydrogen-bond acceptors (Lipinski definition) is 3. The first kappa shape index (κ1) is 16.2. The van der Waals surface area contributed by atoms with Crippen LogP contribution in [0, 0.1) is 5.92 Å². The van der Waals surface area contributed by atoms with Crippen LogP contribution >= 0.6 is 0 Å². The van der Waals surface area contributed by atoms with Gasteiger partial charge in [-0.15, -0.1) is 0 Å². The Hall–Kier alpha value is -0.820. The molecule has 1 amide bonds. The number of carbonyl (C=O) groups is 1. The van der Waals surface area contributed by atoms with E-state index < -0.39 is 32.4 Å². The Morgan fingerprint density at radius 1 is 1.47 bits per heavy atom. The van der Waals surface area contributed by atoms with E-state index in [0.29, 0.717) is 6.42 Å². The van der Waals surface area contributed by atoms with Gasteiger partial charge in [0.25, 0.3) is 0 Å². The van der Waals surface area contributed by atoms with E-state index in [4.69, 9.17) is 5.14 Å². The first-order chi connectivity index (χ1) is 8.33. The summed E-state index contributed by atoms with van der Waals surface area (Å²) >= 11 is 0. The van der Waals surface area contributed by atoms with Crippen LogP contribution in [-0.4, -0.2) is 40.8 Å². The Labute approximate surface area is 115 Å². The van der Waals surface area contributed by atoms with Crippen molar-refractivity contribution in [2.24, 2.45) is 11.1 Å². The van der Waals surface area contributed by atoms with Gasteiger partial charge in [0.05, 0.1) is 6.04 Å². The number of nitrogens with zero attached hydrogens (tertiary/aromatic N) is 1. The van der Waals surface area contributed by atoms with E-state index >= 15 is 0 Å². The number of nitrogens with two attached hydrogens (primary N) is 1. The van der Waals surface area contributed by atoms with Crippen molar-refractivity contribution in [3.63, 3.8) is 0 Å². The fraction of sp³-hybridized carbons (Fsp3) is 0.917. The largest absolute Gasteiger partial charge is 0.465 e. The topological polar surface area (TPSA) is 101 Å². The Balaban J connectivity index is 3.14. The van der Waals surface area contributed by atoms with Crippen LogP contribution in [0.2, 0.25) is 0 Å². The molecule has 7 heteroatoms. The van der Waals surface area contributed by atoms with Gasteiger partial charge in [-0.1, -0.05) is 13.8 Å². The third-order valence-electron chi connectivity index (χ3n) is 3.55. The van der Waals surface area contributed by atoms with Crippen molar-refractivity contribution >= 4 is 16.1 Å². The summed E-state index contributed by atoms with van der Waals surface area (Å²) < 4.78 is 22.6. The zero-order chi connectivity index (χ0) is 15.2. The van der Waals surface area contributed by atoms with E-state index in [0.717, 1.165) is 0 Å². The summed E-state index contributed by atoms with van der Waals surface area (Å²) in [7, 11) is -3.78. The van der Waals surface area contributed by atoms with Crippen molar-refractivity contribution < 1.29 is 18.3 Å².